The second kappa shape index (κ2) is 17.2. The fraction of sp³-hybridized carbons (Fsp3) is 0.571. The number of benzene rings is 2. The van der Waals surface area contributed by atoms with Crippen LogP contribution in [-0.4, -0.2) is 63.9 Å². The summed E-state index contributed by atoms with van der Waals surface area (Å²) < 4.78 is 0. The zero-order valence-electron chi connectivity index (χ0n) is 21.1. The highest BCUT2D eigenvalue weighted by Crippen LogP contribution is 2.28. The Bertz CT molecular complexity index is 853. The Hall–Kier alpha value is -1.28. The number of unbranched alkanes of at least 4 members (excludes halogenated alkanes) is 3. The van der Waals surface area contributed by atoms with Crippen LogP contribution in [0, 0.1) is 0 Å². The van der Waals surface area contributed by atoms with Gasteiger partial charge in [-0.1, -0.05) is 38.0 Å². The summed E-state index contributed by atoms with van der Waals surface area (Å²) >= 11 is 0. The van der Waals surface area contributed by atoms with Gasteiger partial charge >= 0.3 is 0 Å². The molecule has 35 heavy (non-hydrogen) atoms. The zero-order valence-corrected chi connectivity index (χ0v) is 24.5. The highest BCUT2D eigenvalue weighted by molar-refractivity contribution is 8.93. The Morgan fingerprint density at radius 3 is 2.40 bits per heavy atom. The summed E-state index contributed by atoms with van der Waals surface area (Å²) in [5.74, 6) is 0.297. The molecule has 2 aromatic carbocycles. The third-order valence-corrected chi connectivity index (χ3v) is 6.85. The van der Waals surface area contributed by atoms with E-state index in [4.69, 9.17) is 0 Å². The lowest BCUT2D eigenvalue weighted by Gasteiger charge is -2.25. The fourth-order valence-corrected chi connectivity index (χ4v) is 5.04. The zero-order chi connectivity index (χ0) is 23.5. The summed E-state index contributed by atoms with van der Waals surface area (Å²) in [4.78, 5) is 5.18. The van der Waals surface area contributed by atoms with Gasteiger partial charge in [0.15, 0.2) is 11.5 Å². The van der Waals surface area contributed by atoms with Crippen LogP contribution in [-0.2, 0) is 12.8 Å². The summed E-state index contributed by atoms with van der Waals surface area (Å²) in [6.45, 7) is 7.93. The lowest BCUT2D eigenvalue weighted by molar-refractivity contribution is 0.242. The van der Waals surface area contributed by atoms with Crippen molar-refractivity contribution < 1.29 is 15.3 Å². The van der Waals surface area contributed by atoms with Crippen molar-refractivity contribution in [3.8, 4) is 17.2 Å². The summed E-state index contributed by atoms with van der Waals surface area (Å²) in [7, 11) is 0. The topological polar surface area (TPSA) is 67.2 Å². The summed E-state index contributed by atoms with van der Waals surface area (Å²) in [5.41, 5.74) is 2.31. The fourth-order valence-electron chi connectivity index (χ4n) is 5.04. The molecule has 3 rings (SSSR count). The number of likely N-dealkylation sites (tertiary alicyclic amines) is 1. The number of rotatable bonds is 14. The SMILES string of the molecule is Br.Br.CCCN(CCCCCCN1CCCC1Cc1ccc(O)c(O)c1)CCc1cccc(O)c1. The van der Waals surface area contributed by atoms with Crippen molar-refractivity contribution in [3.05, 3.63) is 53.6 Å². The first-order valence-corrected chi connectivity index (χ1v) is 12.8. The Morgan fingerprint density at radius 1 is 0.857 bits per heavy atom. The molecule has 0 amide bonds. The van der Waals surface area contributed by atoms with Crippen LogP contribution in [0.15, 0.2) is 42.5 Å². The van der Waals surface area contributed by atoms with Gasteiger partial charge in [0.25, 0.3) is 0 Å². The molecule has 1 unspecified atom stereocenters. The number of hydrogen-bond donors (Lipinski definition) is 3. The molecule has 0 radical (unpaired) electrons. The molecule has 2 aromatic rings. The van der Waals surface area contributed by atoms with Crippen molar-refractivity contribution in [3.63, 3.8) is 0 Å². The van der Waals surface area contributed by atoms with Gasteiger partial charge in [-0.25, -0.2) is 0 Å². The molecule has 1 aliphatic rings. The van der Waals surface area contributed by atoms with E-state index in [1.807, 2.05) is 18.2 Å². The molecule has 1 aliphatic heterocycles. The average Bonchev–Trinajstić information content (AvgIpc) is 3.23. The van der Waals surface area contributed by atoms with Gasteiger partial charge in [0.2, 0.25) is 0 Å². The van der Waals surface area contributed by atoms with Crippen LogP contribution >= 0.6 is 34.0 Å². The monoisotopic (exact) mass is 614 g/mol. The lowest BCUT2D eigenvalue weighted by Crippen LogP contribution is -2.32. The van der Waals surface area contributed by atoms with Crippen molar-refractivity contribution in [1.29, 1.82) is 0 Å². The second-order valence-corrected chi connectivity index (χ2v) is 9.53. The maximum absolute atomic E-state index is 9.76. The van der Waals surface area contributed by atoms with Gasteiger partial charge < -0.3 is 25.1 Å². The normalized spacial score (nSPS) is 15.7. The van der Waals surface area contributed by atoms with Crippen LogP contribution in [0.3, 0.4) is 0 Å². The molecule has 0 aromatic heterocycles. The molecular weight excluding hydrogens is 572 g/mol. The van der Waals surface area contributed by atoms with Crippen LogP contribution in [0.2, 0.25) is 0 Å². The number of hydrogen-bond acceptors (Lipinski definition) is 5. The van der Waals surface area contributed by atoms with Crippen LogP contribution < -0.4 is 0 Å². The molecule has 0 aliphatic carbocycles. The van der Waals surface area contributed by atoms with Crippen molar-refractivity contribution in [2.45, 2.75) is 70.8 Å². The van der Waals surface area contributed by atoms with Gasteiger partial charge in [0.05, 0.1) is 0 Å². The molecule has 0 spiro atoms. The third kappa shape index (κ3) is 11.1. The molecule has 198 valence electrons. The van der Waals surface area contributed by atoms with Crippen molar-refractivity contribution in [2.24, 2.45) is 0 Å². The molecule has 7 heteroatoms. The molecule has 5 nitrogen and oxygen atoms in total. The maximum Gasteiger partial charge on any atom is 0.157 e. The van der Waals surface area contributed by atoms with Gasteiger partial charge in [0.1, 0.15) is 5.75 Å². The van der Waals surface area contributed by atoms with Gasteiger partial charge in [0, 0.05) is 12.6 Å². The van der Waals surface area contributed by atoms with E-state index >= 15 is 0 Å². The summed E-state index contributed by atoms with van der Waals surface area (Å²) in [6.07, 6.45) is 10.6. The van der Waals surface area contributed by atoms with E-state index in [0.29, 0.717) is 11.8 Å². The van der Waals surface area contributed by atoms with E-state index in [0.717, 1.165) is 44.6 Å². The molecule has 1 heterocycles. The Labute approximate surface area is 232 Å². The predicted molar refractivity (Wildman–Crippen MR) is 156 cm³/mol. The highest BCUT2D eigenvalue weighted by Gasteiger charge is 2.24. The largest absolute Gasteiger partial charge is 0.508 e. The van der Waals surface area contributed by atoms with Crippen molar-refractivity contribution >= 4 is 34.0 Å². The molecule has 0 saturated carbocycles. The van der Waals surface area contributed by atoms with E-state index in [-0.39, 0.29) is 45.5 Å². The molecule has 3 N–H and O–H groups in total. The van der Waals surface area contributed by atoms with E-state index in [1.54, 1.807) is 18.2 Å². The average molecular weight is 616 g/mol. The van der Waals surface area contributed by atoms with Crippen molar-refractivity contribution in [2.75, 3.05) is 32.7 Å². The van der Waals surface area contributed by atoms with Gasteiger partial charge in [-0.2, -0.15) is 0 Å². The van der Waals surface area contributed by atoms with Crippen molar-refractivity contribution in [1.82, 2.24) is 9.80 Å². The lowest BCUT2D eigenvalue weighted by atomic mass is 10.0. The molecule has 1 atom stereocenters. The van der Waals surface area contributed by atoms with Gasteiger partial charge in [-0.05, 0) is 107 Å². The predicted octanol–water partition coefficient (Wildman–Crippen LogP) is 6.48. The Balaban J connectivity index is 0.00000306. The quantitative estimate of drug-likeness (QED) is 0.168. The first kappa shape index (κ1) is 31.7. The first-order chi connectivity index (χ1) is 16.0. The molecule has 0 bridgehead atoms. The maximum atomic E-state index is 9.76. The van der Waals surface area contributed by atoms with Crippen LogP contribution in [0.25, 0.3) is 0 Å². The highest BCUT2D eigenvalue weighted by atomic mass is 79.9. The third-order valence-electron chi connectivity index (χ3n) is 6.85. The first-order valence-electron chi connectivity index (χ1n) is 12.8. The Kier molecular flexibility index (Phi) is 15.6. The summed E-state index contributed by atoms with van der Waals surface area (Å²) in [5, 5.41) is 28.9. The minimum atomic E-state index is -0.0427. The Morgan fingerprint density at radius 2 is 1.66 bits per heavy atom. The second-order valence-electron chi connectivity index (χ2n) is 9.53. The number of phenols is 3. The van der Waals surface area contributed by atoms with Gasteiger partial charge in [-0.3, -0.25) is 0 Å². The van der Waals surface area contributed by atoms with E-state index < -0.39 is 0 Å². The smallest absolute Gasteiger partial charge is 0.157 e. The van der Waals surface area contributed by atoms with Crippen LogP contribution in [0.1, 0.15) is 63.0 Å². The number of phenolic OH excluding ortho intramolecular Hbond substituents is 3. The van der Waals surface area contributed by atoms with Crippen LogP contribution in [0.5, 0.6) is 17.2 Å². The van der Waals surface area contributed by atoms with Gasteiger partial charge in [-0.15, -0.1) is 34.0 Å². The minimum Gasteiger partial charge on any atom is -0.508 e. The molecule has 1 fully saturated rings. The number of halogens is 2. The molecular formula is C28H44Br2N2O3. The van der Waals surface area contributed by atoms with E-state index in [1.165, 1.54) is 57.1 Å². The number of nitrogens with zero attached hydrogens (tertiary/aromatic N) is 2. The minimum absolute atomic E-state index is 0. The van der Waals surface area contributed by atoms with E-state index in [2.05, 4.69) is 22.8 Å². The molecule has 1 saturated heterocycles. The van der Waals surface area contributed by atoms with Crippen LogP contribution in [0.4, 0.5) is 0 Å². The van der Waals surface area contributed by atoms with E-state index in [9.17, 15) is 15.3 Å². The summed E-state index contributed by atoms with van der Waals surface area (Å²) in [6, 6.07) is 13.4. The standard InChI is InChI=1S/C28H42N2O3.2BrH/c1-2-15-29(19-14-23-9-7-11-26(31)21-23)16-5-3-4-6-17-30-18-8-10-25(30)20-24-12-13-27(32)28(33)22-24;;/h7,9,11-13,21-22,25,31-33H,2-6,8,10,14-20H2,1H3;2*1H. The number of aromatic hydroxyl groups is 3.